The van der Waals surface area contributed by atoms with Crippen molar-refractivity contribution in [2.75, 3.05) is 6.61 Å². The number of nitrogens with zero attached hydrogens (tertiary/aromatic N) is 3. The molecule has 0 aliphatic heterocycles. The predicted molar refractivity (Wildman–Crippen MR) is 142 cm³/mol. The fourth-order valence-corrected chi connectivity index (χ4v) is 4.01. The summed E-state index contributed by atoms with van der Waals surface area (Å²) in [7, 11) is 0. The number of carbonyl (C=O) groups is 1. The molecular weight excluding hydrogens is 494 g/mol. The largest absolute Gasteiger partial charge is 0.478 e. The van der Waals surface area contributed by atoms with Crippen LogP contribution in [-0.2, 0) is 9.53 Å². The van der Waals surface area contributed by atoms with Gasteiger partial charge in [-0.3, -0.25) is 4.79 Å². The first-order valence-corrected chi connectivity index (χ1v) is 12.0. The van der Waals surface area contributed by atoms with Gasteiger partial charge in [0.15, 0.2) is 11.9 Å². The molecule has 1 atom stereocenters. The van der Waals surface area contributed by atoms with Crippen LogP contribution in [0.15, 0.2) is 87.1 Å². The lowest BCUT2D eigenvalue weighted by atomic mass is 10.2. The molecule has 0 aliphatic rings. The van der Waals surface area contributed by atoms with Crippen LogP contribution in [0.2, 0.25) is 5.02 Å². The monoisotopic (exact) mass is 515 g/mol. The Morgan fingerprint density at radius 3 is 2.76 bits per heavy atom. The Morgan fingerprint density at radius 2 is 1.92 bits per heavy atom. The number of hydrogen-bond donors (Lipinski definition) is 0. The molecule has 0 saturated carbocycles. The van der Waals surface area contributed by atoms with Crippen molar-refractivity contribution in [3.05, 3.63) is 93.7 Å². The van der Waals surface area contributed by atoms with Crippen molar-refractivity contribution >= 4 is 45.7 Å². The minimum absolute atomic E-state index is 0.227. The molecule has 0 saturated heterocycles. The average Bonchev–Trinajstić information content (AvgIpc) is 3.32. The summed E-state index contributed by atoms with van der Waals surface area (Å²) < 4.78 is 18.0. The summed E-state index contributed by atoms with van der Waals surface area (Å²) in [6.07, 6.45) is 0.658. The lowest BCUT2D eigenvalue weighted by Crippen LogP contribution is -2.26. The van der Waals surface area contributed by atoms with Crippen LogP contribution in [0.5, 0.6) is 5.75 Å². The van der Waals surface area contributed by atoms with Crippen LogP contribution in [0.4, 0.5) is 0 Å². The summed E-state index contributed by atoms with van der Waals surface area (Å²) in [5, 5.41) is 6.22. The molecule has 0 N–H and O–H groups in total. The molecule has 0 aliphatic carbocycles. The summed E-state index contributed by atoms with van der Waals surface area (Å²) in [5.74, 6) is 0.522. The molecule has 3 aromatic carbocycles. The highest BCUT2D eigenvalue weighted by atomic mass is 35.5. The highest BCUT2D eigenvalue weighted by molar-refractivity contribution is 6.31. The molecule has 5 rings (SSSR count). The molecule has 2 heterocycles. The zero-order chi connectivity index (χ0) is 25.9. The number of aromatic nitrogens is 2. The van der Waals surface area contributed by atoms with Gasteiger partial charge in [-0.1, -0.05) is 35.9 Å². The summed E-state index contributed by atoms with van der Waals surface area (Å²) in [5.41, 5.74) is 1.30. The van der Waals surface area contributed by atoms with E-state index in [1.807, 2.05) is 6.07 Å². The van der Waals surface area contributed by atoms with E-state index >= 15 is 0 Å². The van der Waals surface area contributed by atoms with E-state index in [9.17, 15) is 9.59 Å². The lowest BCUT2D eigenvalue weighted by Gasteiger charge is -2.15. The number of furan rings is 1. The van der Waals surface area contributed by atoms with Crippen LogP contribution in [0.3, 0.4) is 0 Å². The van der Waals surface area contributed by atoms with Gasteiger partial charge in [0, 0.05) is 16.0 Å². The third-order valence-corrected chi connectivity index (χ3v) is 5.84. The van der Waals surface area contributed by atoms with Crippen LogP contribution in [0, 0.1) is 0 Å². The summed E-state index contributed by atoms with van der Waals surface area (Å²) in [6.45, 7) is 3.59. The maximum Gasteiger partial charge on any atom is 0.347 e. The molecule has 2 aromatic heterocycles. The van der Waals surface area contributed by atoms with Gasteiger partial charge in [0.2, 0.25) is 5.82 Å². The van der Waals surface area contributed by atoms with Gasteiger partial charge >= 0.3 is 5.97 Å². The predicted octanol–water partition coefficient (Wildman–Crippen LogP) is 5.68. The molecule has 0 unspecified atom stereocenters. The van der Waals surface area contributed by atoms with E-state index in [-0.39, 0.29) is 18.0 Å². The maximum atomic E-state index is 13.5. The summed E-state index contributed by atoms with van der Waals surface area (Å²) in [6, 6.07) is 21.1. The smallest absolute Gasteiger partial charge is 0.347 e. The van der Waals surface area contributed by atoms with Crippen LogP contribution in [0.1, 0.15) is 19.4 Å². The van der Waals surface area contributed by atoms with Crippen LogP contribution in [-0.4, -0.2) is 34.6 Å². The number of hydrogen-bond acceptors (Lipinski definition) is 7. The second-order valence-electron chi connectivity index (χ2n) is 8.16. The molecule has 0 spiro atoms. The van der Waals surface area contributed by atoms with E-state index in [0.717, 1.165) is 5.39 Å². The Bertz CT molecular complexity index is 1710. The fourth-order valence-electron chi connectivity index (χ4n) is 3.83. The zero-order valence-electron chi connectivity index (χ0n) is 20.1. The summed E-state index contributed by atoms with van der Waals surface area (Å²) >= 11 is 6.14. The summed E-state index contributed by atoms with van der Waals surface area (Å²) in [4.78, 5) is 30.2. The number of halogens is 1. The molecule has 5 aromatic rings. The molecular formula is C28H22ClN3O5. The zero-order valence-corrected chi connectivity index (χ0v) is 20.8. The molecule has 0 bridgehead atoms. The number of ether oxygens (including phenoxy) is 2. The first-order valence-electron chi connectivity index (χ1n) is 11.6. The van der Waals surface area contributed by atoms with E-state index in [1.165, 1.54) is 10.9 Å². The normalized spacial score (nSPS) is 12.3. The van der Waals surface area contributed by atoms with Gasteiger partial charge in [-0.25, -0.2) is 9.78 Å². The lowest BCUT2D eigenvalue weighted by molar-refractivity contribution is -0.150. The third-order valence-electron chi connectivity index (χ3n) is 5.61. The Morgan fingerprint density at radius 1 is 1.14 bits per heavy atom. The SMILES string of the molecule is CCOC(=O)[C@@H](C)Oc1ccccc1C=Nn1c(-c2cc3cc(Cl)ccc3o2)nc2ccccc2c1=O. The van der Waals surface area contributed by atoms with Gasteiger partial charge in [-0.15, -0.1) is 0 Å². The number of fused-ring (bicyclic) bond motifs is 2. The van der Waals surface area contributed by atoms with Gasteiger partial charge in [0.1, 0.15) is 11.3 Å². The van der Waals surface area contributed by atoms with Gasteiger partial charge in [0.05, 0.1) is 23.7 Å². The Kier molecular flexibility index (Phi) is 6.74. The standard InChI is InChI=1S/C28H22ClN3O5/c1-3-35-28(34)17(2)36-23-11-7-4-8-18(23)16-30-32-26(31-22-10-6-5-9-21(22)27(32)33)25-15-19-14-20(29)12-13-24(19)37-25/h4-17H,3H2,1-2H3/t17-/m1/s1. The first kappa shape index (κ1) is 24.3. The second-order valence-corrected chi connectivity index (χ2v) is 8.59. The number of carbonyl (C=O) groups excluding carboxylic acids is 1. The van der Waals surface area contributed by atoms with Crippen molar-refractivity contribution in [1.82, 2.24) is 9.66 Å². The van der Waals surface area contributed by atoms with Crippen molar-refractivity contribution in [2.24, 2.45) is 5.10 Å². The molecule has 37 heavy (non-hydrogen) atoms. The van der Waals surface area contributed by atoms with Crippen molar-refractivity contribution in [1.29, 1.82) is 0 Å². The van der Waals surface area contributed by atoms with Gasteiger partial charge in [-0.2, -0.15) is 9.78 Å². The van der Waals surface area contributed by atoms with Crippen molar-refractivity contribution in [2.45, 2.75) is 20.0 Å². The van der Waals surface area contributed by atoms with Crippen LogP contribution < -0.4 is 10.3 Å². The molecule has 0 amide bonds. The van der Waals surface area contributed by atoms with Crippen LogP contribution in [0.25, 0.3) is 33.5 Å². The van der Waals surface area contributed by atoms with Crippen molar-refractivity contribution in [3.63, 3.8) is 0 Å². The topological polar surface area (TPSA) is 95.9 Å². The fraction of sp³-hybridized carbons (Fsp3) is 0.143. The number of para-hydroxylation sites is 2. The minimum Gasteiger partial charge on any atom is -0.478 e. The molecule has 186 valence electrons. The highest BCUT2D eigenvalue weighted by Crippen LogP contribution is 2.29. The maximum absolute atomic E-state index is 13.5. The Balaban J connectivity index is 1.61. The molecule has 0 fully saturated rings. The van der Waals surface area contributed by atoms with E-state index in [2.05, 4.69) is 10.1 Å². The van der Waals surface area contributed by atoms with E-state index < -0.39 is 12.1 Å². The molecule has 8 nitrogen and oxygen atoms in total. The third kappa shape index (κ3) is 4.96. The Hall–Kier alpha value is -4.43. The minimum atomic E-state index is -0.822. The Labute approximate surface area is 216 Å². The molecule has 0 radical (unpaired) electrons. The van der Waals surface area contributed by atoms with Gasteiger partial charge in [0.25, 0.3) is 5.56 Å². The van der Waals surface area contributed by atoms with Crippen molar-refractivity contribution in [3.8, 4) is 17.3 Å². The second kappa shape index (κ2) is 10.3. The average molecular weight is 516 g/mol. The van der Waals surface area contributed by atoms with Crippen molar-refractivity contribution < 1.29 is 18.7 Å². The first-order chi connectivity index (χ1) is 17.9. The van der Waals surface area contributed by atoms with E-state index in [4.69, 9.17) is 25.5 Å². The number of rotatable bonds is 7. The number of benzene rings is 3. The molecule has 9 heteroatoms. The number of esters is 1. The quantitative estimate of drug-likeness (QED) is 0.204. The van der Waals surface area contributed by atoms with Gasteiger partial charge < -0.3 is 13.9 Å². The van der Waals surface area contributed by atoms with Gasteiger partial charge in [-0.05, 0) is 62.4 Å². The van der Waals surface area contributed by atoms with Crippen LogP contribution >= 0.6 is 11.6 Å². The van der Waals surface area contributed by atoms with E-state index in [1.54, 1.807) is 80.6 Å². The van der Waals surface area contributed by atoms with E-state index in [0.29, 0.717) is 38.6 Å². The highest BCUT2D eigenvalue weighted by Gasteiger charge is 2.18.